The van der Waals surface area contributed by atoms with Crippen LogP contribution in [0.4, 0.5) is 4.39 Å². The van der Waals surface area contributed by atoms with Gasteiger partial charge in [0.2, 0.25) is 0 Å². The number of hydrogen-bond acceptors (Lipinski definition) is 3. The Morgan fingerprint density at radius 3 is 2.72 bits per heavy atom. The second kappa shape index (κ2) is 9.57. The van der Waals surface area contributed by atoms with Gasteiger partial charge in [-0.1, -0.05) is 25.5 Å². The molecule has 4 nitrogen and oxygen atoms in total. The van der Waals surface area contributed by atoms with Crippen molar-refractivity contribution in [3.8, 4) is 0 Å². The van der Waals surface area contributed by atoms with Gasteiger partial charge in [-0.3, -0.25) is 4.79 Å². The first kappa shape index (κ1) is 22.2. The van der Waals surface area contributed by atoms with Crippen molar-refractivity contribution < 1.29 is 19.4 Å². The van der Waals surface area contributed by atoms with Crippen molar-refractivity contribution in [2.75, 3.05) is 19.7 Å². The zero-order valence-corrected chi connectivity index (χ0v) is 17.8. The molecule has 3 aliphatic rings. The smallest absolute Gasteiger partial charge is 0.251 e. The summed E-state index contributed by atoms with van der Waals surface area (Å²) in [5, 5.41) is 20.0. The van der Waals surface area contributed by atoms with E-state index in [1.807, 2.05) is 13.8 Å². The van der Waals surface area contributed by atoms with Crippen LogP contribution < -0.4 is 0 Å². The van der Waals surface area contributed by atoms with Gasteiger partial charge in [-0.25, -0.2) is 4.39 Å². The van der Waals surface area contributed by atoms with E-state index in [1.54, 1.807) is 17.1 Å². The molecule has 0 spiro atoms. The van der Waals surface area contributed by atoms with E-state index in [4.69, 9.17) is 0 Å². The number of aliphatic hydroxyl groups excluding tert-OH is 2. The molecule has 0 saturated heterocycles. The van der Waals surface area contributed by atoms with E-state index in [0.717, 1.165) is 37.7 Å². The predicted molar refractivity (Wildman–Crippen MR) is 113 cm³/mol. The Kier molecular flexibility index (Phi) is 7.33. The lowest BCUT2D eigenvalue weighted by Gasteiger charge is -2.44. The number of hydrogen-bond donors (Lipinski definition) is 2. The molecule has 2 N–H and O–H groups in total. The third-order valence-corrected chi connectivity index (χ3v) is 7.44. The first-order valence-corrected chi connectivity index (χ1v) is 11.3. The van der Waals surface area contributed by atoms with Crippen LogP contribution in [-0.2, 0) is 4.79 Å². The molecule has 6 atom stereocenters. The van der Waals surface area contributed by atoms with Crippen LogP contribution in [0.15, 0.2) is 35.7 Å². The van der Waals surface area contributed by atoms with E-state index < -0.39 is 6.10 Å². The van der Waals surface area contributed by atoms with Crippen LogP contribution in [0.2, 0.25) is 0 Å². The number of aliphatic hydroxyl groups is 2. The van der Waals surface area contributed by atoms with Crippen molar-refractivity contribution in [1.29, 1.82) is 0 Å². The van der Waals surface area contributed by atoms with E-state index >= 15 is 0 Å². The molecule has 0 aromatic carbocycles. The minimum atomic E-state index is -0.452. The fraction of sp³-hybridized carbons (Fsp3) is 0.708. The molecule has 2 saturated carbocycles. The summed E-state index contributed by atoms with van der Waals surface area (Å²) in [5.74, 6) is 0.819. The standard InChI is InChI=1S/C24H36FNO3/c1-4-22(28)20-10-9-17(13-26(5-2)24(29)15(3)14-27)19-8-6-7-16-11-18(25)12-21(20)23(16)19/h11-12,16-17,19-20,22-23,27-28H,3-10,13-14H2,1-2H3. The average molecular weight is 406 g/mol. The number of likely N-dealkylation sites (N-methyl/N-ethyl adjacent to an activating group) is 1. The Bertz CT molecular complexity index is 686. The molecule has 0 bridgehead atoms. The molecule has 6 unspecified atom stereocenters. The van der Waals surface area contributed by atoms with Gasteiger partial charge < -0.3 is 15.1 Å². The van der Waals surface area contributed by atoms with Crippen LogP contribution in [-0.4, -0.2) is 46.8 Å². The highest BCUT2D eigenvalue weighted by atomic mass is 19.1. The number of carbonyl (C=O) groups excluding carboxylic acids is 1. The van der Waals surface area contributed by atoms with Crippen molar-refractivity contribution in [1.82, 2.24) is 4.90 Å². The van der Waals surface area contributed by atoms with Crippen molar-refractivity contribution in [3.63, 3.8) is 0 Å². The van der Waals surface area contributed by atoms with Gasteiger partial charge in [-0.05, 0) is 74.9 Å². The van der Waals surface area contributed by atoms with Gasteiger partial charge >= 0.3 is 0 Å². The number of carbonyl (C=O) groups is 1. The molecule has 2 fully saturated rings. The van der Waals surface area contributed by atoms with Gasteiger partial charge in [0.15, 0.2) is 0 Å². The summed E-state index contributed by atoms with van der Waals surface area (Å²) < 4.78 is 14.4. The second-order valence-corrected chi connectivity index (χ2v) is 9.01. The Morgan fingerprint density at radius 1 is 1.31 bits per heavy atom. The summed E-state index contributed by atoms with van der Waals surface area (Å²) in [6.45, 7) is 8.53. The number of halogens is 1. The third kappa shape index (κ3) is 4.51. The number of rotatable bonds is 7. The van der Waals surface area contributed by atoms with Crippen molar-refractivity contribution in [3.05, 3.63) is 35.7 Å². The Balaban J connectivity index is 1.90. The highest BCUT2D eigenvalue weighted by Crippen LogP contribution is 2.53. The fourth-order valence-corrected chi connectivity index (χ4v) is 5.97. The van der Waals surface area contributed by atoms with E-state index in [9.17, 15) is 19.4 Å². The largest absolute Gasteiger partial charge is 0.393 e. The highest BCUT2D eigenvalue weighted by Gasteiger charge is 2.46. The van der Waals surface area contributed by atoms with Crippen LogP contribution in [0.5, 0.6) is 0 Å². The maximum atomic E-state index is 14.4. The van der Waals surface area contributed by atoms with Crippen molar-refractivity contribution >= 4 is 5.91 Å². The zero-order valence-electron chi connectivity index (χ0n) is 17.8. The lowest BCUT2D eigenvalue weighted by molar-refractivity contribution is -0.128. The van der Waals surface area contributed by atoms with Crippen LogP contribution in [0.25, 0.3) is 0 Å². The number of allylic oxidation sites excluding steroid dienone is 3. The SMILES string of the molecule is C=C(CO)C(=O)N(CC)CC1CCC(C(O)CC)C2=CC(F)=CC3CCCC1C23. The second-order valence-electron chi connectivity index (χ2n) is 9.01. The minimum Gasteiger partial charge on any atom is -0.393 e. The van der Waals surface area contributed by atoms with E-state index in [2.05, 4.69) is 6.58 Å². The van der Waals surface area contributed by atoms with E-state index in [1.165, 1.54) is 0 Å². The average Bonchev–Trinajstić information content (AvgIpc) is 2.88. The van der Waals surface area contributed by atoms with Gasteiger partial charge in [0, 0.05) is 24.6 Å². The molecule has 0 aromatic heterocycles. The quantitative estimate of drug-likeness (QED) is 0.629. The first-order valence-electron chi connectivity index (χ1n) is 11.3. The first-order chi connectivity index (χ1) is 13.9. The lowest BCUT2D eigenvalue weighted by Crippen LogP contribution is -2.42. The maximum Gasteiger partial charge on any atom is 0.251 e. The number of amides is 1. The van der Waals surface area contributed by atoms with Crippen LogP contribution in [0.3, 0.4) is 0 Å². The monoisotopic (exact) mass is 405 g/mol. The molecular formula is C24H36FNO3. The van der Waals surface area contributed by atoms with Crippen molar-refractivity contribution in [2.45, 2.75) is 58.5 Å². The molecule has 29 heavy (non-hydrogen) atoms. The summed E-state index contributed by atoms with van der Waals surface area (Å²) in [6.07, 6.45) is 8.59. The third-order valence-electron chi connectivity index (χ3n) is 7.44. The van der Waals surface area contributed by atoms with Gasteiger partial charge in [0.25, 0.3) is 5.91 Å². The van der Waals surface area contributed by atoms with Crippen LogP contribution in [0.1, 0.15) is 52.4 Å². The predicted octanol–water partition coefficient (Wildman–Crippen LogP) is 4.01. The van der Waals surface area contributed by atoms with Gasteiger partial charge in [0.05, 0.1) is 12.7 Å². The molecule has 0 radical (unpaired) electrons. The molecule has 3 rings (SSSR count). The van der Waals surface area contributed by atoms with Crippen LogP contribution in [0, 0.1) is 29.6 Å². The Hall–Kier alpha value is -1.46. The van der Waals surface area contributed by atoms with Gasteiger partial charge in [-0.2, -0.15) is 0 Å². The fourth-order valence-electron chi connectivity index (χ4n) is 5.97. The number of nitrogens with zero attached hydrogens (tertiary/aromatic N) is 1. The summed E-state index contributed by atoms with van der Waals surface area (Å²) in [6, 6.07) is 0. The topological polar surface area (TPSA) is 60.8 Å². The maximum absolute atomic E-state index is 14.4. The molecule has 5 heteroatoms. The molecule has 0 aromatic rings. The minimum absolute atomic E-state index is 0.00395. The van der Waals surface area contributed by atoms with Gasteiger partial charge in [-0.15, -0.1) is 0 Å². The molecule has 162 valence electrons. The molecule has 3 aliphatic carbocycles. The summed E-state index contributed by atoms with van der Waals surface area (Å²) >= 11 is 0. The molecular weight excluding hydrogens is 369 g/mol. The zero-order chi connectivity index (χ0) is 21.1. The van der Waals surface area contributed by atoms with E-state index in [-0.39, 0.29) is 41.7 Å². The normalized spacial score (nSPS) is 32.4. The summed E-state index contributed by atoms with van der Waals surface area (Å²) in [4.78, 5) is 14.4. The highest BCUT2D eigenvalue weighted by molar-refractivity contribution is 5.93. The lowest BCUT2D eigenvalue weighted by atomic mass is 9.62. The summed E-state index contributed by atoms with van der Waals surface area (Å²) in [7, 11) is 0. The Labute approximate surface area is 174 Å². The Morgan fingerprint density at radius 2 is 2.07 bits per heavy atom. The molecule has 1 amide bonds. The van der Waals surface area contributed by atoms with Gasteiger partial charge in [0.1, 0.15) is 5.83 Å². The van der Waals surface area contributed by atoms with Crippen molar-refractivity contribution in [2.24, 2.45) is 29.6 Å². The molecule has 0 heterocycles. The summed E-state index contributed by atoms with van der Waals surface area (Å²) in [5.41, 5.74) is 1.33. The molecule has 0 aliphatic heterocycles. The van der Waals surface area contributed by atoms with Crippen LogP contribution >= 0.6 is 0 Å². The van der Waals surface area contributed by atoms with E-state index in [0.29, 0.717) is 31.3 Å².